The van der Waals surface area contributed by atoms with Crippen LogP contribution in [0.15, 0.2) is 18.2 Å². The molecule has 21 heavy (non-hydrogen) atoms. The Kier molecular flexibility index (Phi) is 6.16. The first-order valence-electron chi connectivity index (χ1n) is 6.69. The summed E-state index contributed by atoms with van der Waals surface area (Å²) in [5.74, 6) is -1.74. The first-order valence-corrected chi connectivity index (χ1v) is 7.50. The largest absolute Gasteiger partial charge is 0.383 e. The van der Waals surface area contributed by atoms with Crippen LogP contribution in [0.1, 0.15) is 11.4 Å². The Morgan fingerprint density at radius 1 is 1.24 bits per heavy atom. The zero-order chi connectivity index (χ0) is 15.1. The number of benzene rings is 1. The molecule has 7 heteroatoms. The van der Waals surface area contributed by atoms with E-state index >= 15 is 0 Å². The van der Waals surface area contributed by atoms with Crippen molar-refractivity contribution >= 4 is 11.3 Å². The van der Waals surface area contributed by atoms with Gasteiger partial charge in [-0.15, -0.1) is 10.2 Å². The fraction of sp³-hybridized carbons (Fsp3) is 0.429. The van der Waals surface area contributed by atoms with E-state index < -0.39 is 11.6 Å². The van der Waals surface area contributed by atoms with Crippen molar-refractivity contribution in [2.45, 2.75) is 12.8 Å². The van der Waals surface area contributed by atoms with Crippen molar-refractivity contribution in [3.05, 3.63) is 34.8 Å². The first-order chi connectivity index (χ1) is 10.2. The normalized spacial score (nSPS) is 11.0. The number of nitrogens with one attached hydrogen (secondary N) is 1. The molecule has 2 rings (SSSR count). The molecule has 0 atom stereocenters. The van der Waals surface area contributed by atoms with Gasteiger partial charge in [-0.1, -0.05) is 17.4 Å². The second-order valence-corrected chi connectivity index (χ2v) is 5.51. The van der Waals surface area contributed by atoms with Crippen molar-refractivity contribution < 1.29 is 13.5 Å². The Labute approximate surface area is 126 Å². The minimum atomic E-state index is -0.874. The Bertz CT molecular complexity index is 577. The van der Waals surface area contributed by atoms with Crippen LogP contribution >= 0.6 is 11.3 Å². The van der Waals surface area contributed by atoms with Gasteiger partial charge in [0.25, 0.3) is 0 Å². The number of rotatable bonds is 8. The number of halogens is 2. The van der Waals surface area contributed by atoms with Crippen molar-refractivity contribution in [3.63, 3.8) is 0 Å². The molecule has 0 saturated carbocycles. The quantitative estimate of drug-likeness (QED) is 0.761. The molecule has 1 aromatic heterocycles. The van der Waals surface area contributed by atoms with Crippen LogP contribution in [-0.4, -0.2) is 37.0 Å². The van der Waals surface area contributed by atoms with Gasteiger partial charge in [-0.05, 0) is 25.1 Å². The maximum atomic E-state index is 13.7. The highest BCUT2D eigenvalue weighted by molar-refractivity contribution is 7.14. The number of aryl methyl sites for hydroxylation is 1. The van der Waals surface area contributed by atoms with Crippen LogP contribution in [0.25, 0.3) is 10.6 Å². The molecule has 0 aliphatic carbocycles. The number of hydrogen-bond acceptors (Lipinski definition) is 5. The third-order valence-electron chi connectivity index (χ3n) is 2.88. The van der Waals surface area contributed by atoms with Crippen molar-refractivity contribution in [2.75, 3.05) is 26.8 Å². The Hall–Kier alpha value is -1.44. The number of aromatic nitrogens is 2. The molecule has 0 saturated heterocycles. The van der Waals surface area contributed by atoms with Crippen molar-refractivity contribution in [2.24, 2.45) is 0 Å². The molecule has 1 heterocycles. The van der Waals surface area contributed by atoms with Gasteiger partial charge in [0.05, 0.1) is 12.2 Å². The van der Waals surface area contributed by atoms with Gasteiger partial charge in [-0.3, -0.25) is 0 Å². The lowest BCUT2D eigenvalue weighted by molar-refractivity contribution is 0.199. The molecule has 0 aliphatic rings. The second-order valence-electron chi connectivity index (χ2n) is 4.45. The lowest BCUT2D eigenvalue weighted by atomic mass is 10.2. The Morgan fingerprint density at radius 3 is 2.90 bits per heavy atom. The topological polar surface area (TPSA) is 47.0 Å². The average Bonchev–Trinajstić information content (AvgIpc) is 2.94. The van der Waals surface area contributed by atoms with Crippen molar-refractivity contribution in [3.8, 4) is 10.6 Å². The molecular weight excluding hydrogens is 296 g/mol. The van der Waals surface area contributed by atoms with Gasteiger partial charge in [0.2, 0.25) is 0 Å². The summed E-state index contributed by atoms with van der Waals surface area (Å²) < 4.78 is 31.8. The monoisotopic (exact) mass is 313 g/mol. The van der Waals surface area contributed by atoms with Gasteiger partial charge in [0, 0.05) is 20.1 Å². The van der Waals surface area contributed by atoms with E-state index in [1.165, 1.54) is 23.5 Å². The van der Waals surface area contributed by atoms with Gasteiger partial charge in [-0.25, -0.2) is 8.78 Å². The van der Waals surface area contributed by atoms with Crippen LogP contribution in [-0.2, 0) is 11.2 Å². The Balaban J connectivity index is 1.88. The van der Waals surface area contributed by atoms with E-state index in [0.29, 0.717) is 11.6 Å². The summed E-state index contributed by atoms with van der Waals surface area (Å²) in [6.07, 6.45) is 1.67. The highest BCUT2D eigenvalue weighted by atomic mass is 32.1. The number of nitrogens with zero attached hydrogens (tertiary/aromatic N) is 2. The maximum Gasteiger partial charge on any atom is 0.169 e. The van der Waals surface area contributed by atoms with Crippen LogP contribution in [0.3, 0.4) is 0 Å². The SMILES string of the molecule is COCCNCCCc1nnc(-c2cccc(F)c2F)s1. The van der Waals surface area contributed by atoms with Crippen LogP contribution in [0.2, 0.25) is 0 Å². The number of ether oxygens (including phenoxy) is 1. The molecule has 0 bridgehead atoms. The van der Waals surface area contributed by atoms with E-state index in [4.69, 9.17) is 4.74 Å². The van der Waals surface area contributed by atoms with Gasteiger partial charge >= 0.3 is 0 Å². The highest BCUT2D eigenvalue weighted by Gasteiger charge is 2.14. The molecule has 0 amide bonds. The third kappa shape index (κ3) is 4.52. The summed E-state index contributed by atoms with van der Waals surface area (Å²) in [4.78, 5) is 0. The van der Waals surface area contributed by atoms with Gasteiger partial charge in [-0.2, -0.15) is 0 Å². The van der Waals surface area contributed by atoms with Crippen LogP contribution in [0, 0.1) is 11.6 Å². The first kappa shape index (κ1) is 15.9. The predicted octanol–water partition coefficient (Wildman–Crippen LogP) is 2.65. The van der Waals surface area contributed by atoms with E-state index in [9.17, 15) is 8.78 Å². The average molecular weight is 313 g/mol. The van der Waals surface area contributed by atoms with E-state index in [2.05, 4.69) is 15.5 Å². The van der Waals surface area contributed by atoms with Gasteiger partial charge < -0.3 is 10.1 Å². The summed E-state index contributed by atoms with van der Waals surface area (Å²) in [5.41, 5.74) is 0.164. The fourth-order valence-electron chi connectivity index (χ4n) is 1.80. The molecule has 0 unspecified atom stereocenters. The summed E-state index contributed by atoms with van der Waals surface area (Å²) in [7, 11) is 1.66. The van der Waals surface area contributed by atoms with Crippen molar-refractivity contribution in [1.82, 2.24) is 15.5 Å². The lowest BCUT2D eigenvalue weighted by Crippen LogP contribution is -2.20. The third-order valence-corrected chi connectivity index (χ3v) is 3.89. The van der Waals surface area contributed by atoms with Crippen LogP contribution in [0.4, 0.5) is 8.78 Å². The highest BCUT2D eigenvalue weighted by Crippen LogP contribution is 2.27. The van der Waals surface area contributed by atoms with E-state index in [0.717, 1.165) is 37.0 Å². The van der Waals surface area contributed by atoms with E-state index in [-0.39, 0.29) is 5.56 Å². The standard InChI is InChI=1S/C14H17F2N3OS/c1-20-9-8-17-7-3-6-12-18-19-14(21-12)10-4-2-5-11(15)13(10)16/h2,4-5,17H,3,6-9H2,1H3. The van der Waals surface area contributed by atoms with E-state index in [1.54, 1.807) is 7.11 Å². The van der Waals surface area contributed by atoms with Gasteiger partial charge in [0.15, 0.2) is 16.6 Å². The van der Waals surface area contributed by atoms with Crippen LogP contribution in [0.5, 0.6) is 0 Å². The van der Waals surface area contributed by atoms with E-state index in [1.807, 2.05) is 0 Å². The molecule has 4 nitrogen and oxygen atoms in total. The zero-order valence-electron chi connectivity index (χ0n) is 11.7. The molecule has 2 aromatic rings. The molecule has 1 aromatic carbocycles. The lowest BCUT2D eigenvalue weighted by Gasteiger charge is -2.01. The molecule has 0 radical (unpaired) electrons. The minimum absolute atomic E-state index is 0.164. The minimum Gasteiger partial charge on any atom is -0.383 e. The number of hydrogen-bond donors (Lipinski definition) is 1. The predicted molar refractivity (Wildman–Crippen MR) is 78.3 cm³/mol. The molecule has 0 fully saturated rings. The van der Waals surface area contributed by atoms with Crippen LogP contribution < -0.4 is 5.32 Å². The fourth-order valence-corrected chi connectivity index (χ4v) is 2.70. The summed E-state index contributed by atoms with van der Waals surface area (Å²) in [5, 5.41) is 12.4. The zero-order valence-corrected chi connectivity index (χ0v) is 12.6. The number of methoxy groups -OCH3 is 1. The Morgan fingerprint density at radius 2 is 2.10 bits per heavy atom. The van der Waals surface area contributed by atoms with Gasteiger partial charge in [0.1, 0.15) is 5.01 Å². The summed E-state index contributed by atoms with van der Waals surface area (Å²) >= 11 is 1.30. The smallest absolute Gasteiger partial charge is 0.169 e. The molecular formula is C14H17F2N3OS. The molecule has 0 spiro atoms. The summed E-state index contributed by atoms with van der Waals surface area (Å²) in [6.45, 7) is 2.35. The summed E-state index contributed by atoms with van der Waals surface area (Å²) in [6, 6.07) is 4.07. The molecule has 1 N–H and O–H groups in total. The maximum absolute atomic E-state index is 13.7. The molecule has 0 aliphatic heterocycles. The van der Waals surface area contributed by atoms with Crippen molar-refractivity contribution in [1.29, 1.82) is 0 Å². The molecule has 114 valence electrons. The second kappa shape index (κ2) is 8.11.